The first-order valence-electron chi connectivity index (χ1n) is 9.84. The normalized spacial score (nSPS) is 10.6. The maximum atomic E-state index is 12.1. The summed E-state index contributed by atoms with van der Waals surface area (Å²) < 4.78 is 7.12. The van der Waals surface area contributed by atoms with Gasteiger partial charge in [-0.15, -0.1) is 20.4 Å². The fraction of sp³-hybridized carbons (Fsp3) is 0.100. The van der Waals surface area contributed by atoms with E-state index >= 15 is 0 Å². The predicted octanol–water partition coefficient (Wildman–Crippen LogP) is 3.81. The number of ether oxygens (including phenoxy) is 1. The highest BCUT2D eigenvalue weighted by molar-refractivity contribution is 8.02. The van der Waals surface area contributed by atoms with Gasteiger partial charge in [-0.25, -0.2) is 0 Å². The molecule has 35 heavy (non-hydrogen) atoms. The molecule has 0 spiro atoms. The molecule has 0 bridgehead atoms. The van der Waals surface area contributed by atoms with E-state index in [4.69, 9.17) is 16.2 Å². The molecule has 15 heteroatoms. The maximum absolute atomic E-state index is 12.1. The van der Waals surface area contributed by atoms with Crippen LogP contribution in [-0.4, -0.2) is 43.7 Å². The zero-order valence-electron chi connectivity index (χ0n) is 17.8. The van der Waals surface area contributed by atoms with Crippen molar-refractivity contribution < 1.29 is 14.3 Å². The predicted molar refractivity (Wildman–Crippen MR) is 140 cm³/mol. The Morgan fingerprint density at radius 1 is 0.714 bits per heavy atom. The standard InChI is InChI=1S/C20H18N8O3S4/c21-17-25-27-19(34-17)32-9-15(29)23-11-1-5-13(6-2-11)31-14-7-3-12(4-8-14)24-16(30)10-33-20-28-26-18(22)35-20/h1-8H,9-10H2,(H2,21,25)(H2,22,26)(H,23,29)(H,24,30). The Morgan fingerprint density at radius 3 is 1.46 bits per heavy atom. The van der Waals surface area contributed by atoms with E-state index in [9.17, 15) is 9.59 Å². The van der Waals surface area contributed by atoms with Gasteiger partial charge in [-0.05, 0) is 48.5 Å². The SMILES string of the molecule is Nc1nnc(SCC(=O)Nc2ccc(Oc3ccc(NC(=O)CSc4nnc(N)s4)cc3)cc2)s1. The first kappa shape index (κ1) is 24.7. The molecule has 4 rings (SSSR count). The molecule has 0 saturated heterocycles. The lowest BCUT2D eigenvalue weighted by Crippen LogP contribution is -2.13. The number of nitrogens with zero attached hydrogens (tertiary/aromatic N) is 4. The number of rotatable bonds is 10. The summed E-state index contributed by atoms with van der Waals surface area (Å²) in [6, 6.07) is 14.0. The number of carbonyl (C=O) groups is 2. The van der Waals surface area contributed by atoms with E-state index in [0.717, 1.165) is 0 Å². The summed E-state index contributed by atoms with van der Waals surface area (Å²) in [5.41, 5.74) is 12.3. The van der Waals surface area contributed by atoms with Gasteiger partial charge in [-0.2, -0.15) is 0 Å². The topological polar surface area (TPSA) is 171 Å². The second-order valence-corrected chi connectivity index (χ2v) is 11.1. The molecular weight excluding hydrogens is 529 g/mol. The van der Waals surface area contributed by atoms with Crippen LogP contribution in [0.4, 0.5) is 21.6 Å². The van der Waals surface area contributed by atoms with E-state index < -0.39 is 0 Å². The van der Waals surface area contributed by atoms with Crippen LogP contribution in [0.2, 0.25) is 0 Å². The van der Waals surface area contributed by atoms with Crippen molar-refractivity contribution in [1.82, 2.24) is 20.4 Å². The zero-order valence-corrected chi connectivity index (χ0v) is 21.1. The van der Waals surface area contributed by atoms with E-state index in [1.165, 1.54) is 46.2 Å². The van der Waals surface area contributed by atoms with Gasteiger partial charge in [0.25, 0.3) is 0 Å². The Balaban J connectivity index is 1.21. The number of benzene rings is 2. The number of hydrogen-bond donors (Lipinski definition) is 4. The number of thioether (sulfide) groups is 2. The third-order valence-corrected chi connectivity index (χ3v) is 7.78. The third-order valence-electron chi connectivity index (χ3n) is 4.01. The lowest BCUT2D eigenvalue weighted by molar-refractivity contribution is -0.114. The van der Waals surface area contributed by atoms with Crippen LogP contribution in [0.25, 0.3) is 0 Å². The van der Waals surface area contributed by atoms with Gasteiger partial charge in [-0.1, -0.05) is 46.2 Å². The summed E-state index contributed by atoms with van der Waals surface area (Å²) in [6.45, 7) is 0. The quantitative estimate of drug-likeness (QED) is 0.213. The number of amides is 2. The van der Waals surface area contributed by atoms with Crippen LogP contribution in [0.1, 0.15) is 0 Å². The highest BCUT2D eigenvalue weighted by Gasteiger charge is 2.09. The summed E-state index contributed by atoms with van der Waals surface area (Å²) >= 11 is 5.02. The molecule has 11 nitrogen and oxygen atoms in total. The summed E-state index contributed by atoms with van der Waals surface area (Å²) in [7, 11) is 0. The molecule has 4 aromatic rings. The Hall–Kier alpha value is -3.40. The van der Waals surface area contributed by atoms with Crippen molar-refractivity contribution in [3.63, 3.8) is 0 Å². The minimum Gasteiger partial charge on any atom is -0.457 e. The van der Waals surface area contributed by atoms with Gasteiger partial charge in [0.15, 0.2) is 8.68 Å². The molecule has 0 aliphatic rings. The van der Waals surface area contributed by atoms with Gasteiger partial charge in [0.2, 0.25) is 22.1 Å². The summed E-state index contributed by atoms with van der Waals surface area (Å²) in [6.07, 6.45) is 0. The summed E-state index contributed by atoms with van der Waals surface area (Å²) in [4.78, 5) is 24.2. The van der Waals surface area contributed by atoms with Crippen LogP contribution < -0.4 is 26.8 Å². The number of carbonyl (C=O) groups excluding carboxylic acids is 2. The third kappa shape index (κ3) is 7.81. The smallest absolute Gasteiger partial charge is 0.234 e. The molecule has 0 aliphatic heterocycles. The molecule has 0 fully saturated rings. The molecule has 2 aromatic carbocycles. The lowest BCUT2D eigenvalue weighted by Gasteiger charge is -2.09. The summed E-state index contributed by atoms with van der Waals surface area (Å²) in [5, 5.41) is 21.5. The van der Waals surface area contributed by atoms with Crippen LogP contribution in [0.5, 0.6) is 11.5 Å². The zero-order chi connectivity index (χ0) is 24.6. The molecule has 180 valence electrons. The maximum Gasteiger partial charge on any atom is 0.234 e. The van der Waals surface area contributed by atoms with E-state index in [2.05, 4.69) is 31.0 Å². The highest BCUT2D eigenvalue weighted by Crippen LogP contribution is 2.27. The largest absolute Gasteiger partial charge is 0.457 e. The van der Waals surface area contributed by atoms with Crippen LogP contribution in [0, 0.1) is 0 Å². The Labute approximate surface area is 216 Å². The lowest BCUT2D eigenvalue weighted by atomic mass is 10.3. The first-order valence-corrected chi connectivity index (χ1v) is 13.4. The van der Waals surface area contributed by atoms with Crippen LogP contribution in [-0.2, 0) is 9.59 Å². The van der Waals surface area contributed by atoms with Crippen molar-refractivity contribution in [3.8, 4) is 11.5 Å². The fourth-order valence-electron chi connectivity index (χ4n) is 2.55. The van der Waals surface area contributed by atoms with E-state index in [1.54, 1.807) is 48.5 Å². The molecule has 2 aromatic heterocycles. The minimum absolute atomic E-state index is 0.166. The van der Waals surface area contributed by atoms with Gasteiger partial charge < -0.3 is 26.8 Å². The van der Waals surface area contributed by atoms with Crippen LogP contribution >= 0.6 is 46.2 Å². The molecule has 2 amide bonds. The molecular formula is C20H18N8O3S4. The van der Waals surface area contributed by atoms with Crippen molar-refractivity contribution in [2.24, 2.45) is 0 Å². The van der Waals surface area contributed by atoms with Crippen molar-refractivity contribution in [1.29, 1.82) is 0 Å². The molecule has 0 saturated carbocycles. The van der Waals surface area contributed by atoms with Crippen LogP contribution in [0.15, 0.2) is 57.2 Å². The Morgan fingerprint density at radius 2 is 1.11 bits per heavy atom. The van der Waals surface area contributed by atoms with Crippen molar-refractivity contribution in [3.05, 3.63) is 48.5 Å². The average Bonchev–Trinajstić information content (AvgIpc) is 3.46. The monoisotopic (exact) mass is 546 g/mol. The minimum atomic E-state index is -0.166. The van der Waals surface area contributed by atoms with E-state index in [-0.39, 0.29) is 23.3 Å². The molecule has 0 radical (unpaired) electrons. The second kappa shape index (κ2) is 11.8. The molecule has 0 aliphatic carbocycles. The summed E-state index contributed by atoms with van der Waals surface area (Å²) in [5.74, 6) is 1.27. The number of hydrogen-bond acceptors (Lipinski definition) is 13. The van der Waals surface area contributed by atoms with Gasteiger partial charge >= 0.3 is 0 Å². The number of aromatic nitrogens is 4. The molecule has 6 N–H and O–H groups in total. The highest BCUT2D eigenvalue weighted by atomic mass is 32.2. The average molecular weight is 547 g/mol. The molecule has 0 unspecified atom stereocenters. The van der Waals surface area contributed by atoms with Gasteiger partial charge in [-0.3, -0.25) is 9.59 Å². The van der Waals surface area contributed by atoms with Crippen LogP contribution in [0.3, 0.4) is 0 Å². The van der Waals surface area contributed by atoms with Gasteiger partial charge in [0, 0.05) is 11.4 Å². The number of nitrogens with one attached hydrogen (secondary N) is 2. The fourth-order valence-corrected chi connectivity index (χ4v) is 5.43. The molecule has 2 heterocycles. The second-order valence-electron chi connectivity index (χ2n) is 6.64. The van der Waals surface area contributed by atoms with E-state index in [0.29, 0.717) is 41.8 Å². The van der Waals surface area contributed by atoms with E-state index in [1.807, 2.05) is 0 Å². The van der Waals surface area contributed by atoms with Gasteiger partial charge in [0.1, 0.15) is 11.5 Å². The van der Waals surface area contributed by atoms with Crippen molar-refractivity contribution in [2.75, 3.05) is 33.6 Å². The molecule has 0 atom stereocenters. The van der Waals surface area contributed by atoms with Crippen molar-refractivity contribution in [2.45, 2.75) is 8.68 Å². The number of nitrogen functional groups attached to an aromatic ring is 2. The van der Waals surface area contributed by atoms with Gasteiger partial charge in [0.05, 0.1) is 11.5 Å². The number of anilines is 4. The first-order chi connectivity index (χ1) is 16.9. The van der Waals surface area contributed by atoms with Crippen molar-refractivity contribution >= 4 is 79.6 Å². The Kier molecular flexibility index (Phi) is 8.36. The Bertz CT molecular complexity index is 1190. The number of nitrogens with two attached hydrogens (primary N) is 2.